The number of hydrogen-bond donors (Lipinski definition) is 3. The first-order chi connectivity index (χ1) is 12.2. The molecule has 0 aliphatic heterocycles. The van der Waals surface area contributed by atoms with Gasteiger partial charge < -0.3 is 25.4 Å². The van der Waals surface area contributed by atoms with Crippen molar-refractivity contribution >= 4 is 18.1 Å². The zero-order valence-electron chi connectivity index (χ0n) is 15.6. The second-order valence-electron chi connectivity index (χ2n) is 6.59. The third-order valence-corrected chi connectivity index (χ3v) is 3.15. The number of urea groups is 1. The second kappa shape index (κ2) is 10.3. The summed E-state index contributed by atoms with van der Waals surface area (Å²) in [6.45, 7) is 5.67. The van der Waals surface area contributed by atoms with Crippen molar-refractivity contribution in [3.05, 3.63) is 35.9 Å². The molecular formula is C18H27N3O5. The molecule has 1 aromatic carbocycles. The molecule has 1 unspecified atom stereocenters. The van der Waals surface area contributed by atoms with Crippen LogP contribution in [0.15, 0.2) is 30.3 Å². The van der Waals surface area contributed by atoms with E-state index >= 15 is 0 Å². The van der Waals surface area contributed by atoms with E-state index < -0.39 is 29.7 Å². The molecule has 3 N–H and O–H groups in total. The predicted octanol–water partition coefficient (Wildman–Crippen LogP) is 1.59. The first kappa shape index (κ1) is 21.3. The van der Waals surface area contributed by atoms with E-state index in [1.165, 1.54) is 7.11 Å². The van der Waals surface area contributed by atoms with Gasteiger partial charge in [-0.25, -0.2) is 14.4 Å². The Morgan fingerprint density at radius 1 is 1.04 bits per heavy atom. The van der Waals surface area contributed by atoms with Crippen molar-refractivity contribution in [1.29, 1.82) is 0 Å². The molecule has 0 saturated heterocycles. The Morgan fingerprint density at radius 2 is 1.65 bits per heavy atom. The molecular weight excluding hydrogens is 338 g/mol. The SMILES string of the molecule is COC(=O)C(Cc1ccccc1)NC(=O)NCCNC(=O)OC(C)(C)C. The van der Waals surface area contributed by atoms with Gasteiger partial charge in [0.25, 0.3) is 0 Å². The van der Waals surface area contributed by atoms with Gasteiger partial charge in [-0.2, -0.15) is 0 Å². The van der Waals surface area contributed by atoms with Crippen molar-refractivity contribution in [3.8, 4) is 0 Å². The van der Waals surface area contributed by atoms with Gasteiger partial charge in [-0.15, -0.1) is 0 Å². The fourth-order valence-corrected chi connectivity index (χ4v) is 2.05. The molecule has 1 atom stereocenters. The summed E-state index contributed by atoms with van der Waals surface area (Å²) in [7, 11) is 1.27. The highest BCUT2D eigenvalue weighted by atomic mass is 16.6. The van der Waals surface area contributed by atoms with Gasteiger partial charge >= 0.3 is 18.1 Å². The lowest BCUT2D eigenvalue weighted by atomic mass is 10.1. The molecule has 1 rings (SSSR count). The largest absolute Gasteiger partial charge is 0.467 e. The van der Waals surface area contributed by atoms with Gasteiger partial charge in [-0.3, -0.25) is 0 Å². The van der Waals surface area contributed by atoms with Crippen LogP contribution in [-0.2, 0) is 20.7 Å². The summed E-state index contributed by atoms with van der Waals surface area (Å²) < 4.78 is 9.82. The average molecular weight is 365 g/mol. The zero-order valence-corrected chi connectivity index (χ0v) is 15.6. The summed E-state index contributed by atoms with van der Waals surface area (Å²) in [5, 5.41) is 7.67. The summed E-state index contributed by atoms with van der Waals surface area (Å²) in [5.41, 5.74) is 0.315. The van der Waals surface area contributed by atoms with Crippen molar-refractivity contribution in [2.75, 3.05) is 20.2 Å². The Morgan fingerprint density at radius 3 is 2.23 bits per heavy atom. The summed E-state index contributed by atoms with van der Waals surface area (Å²) in [6.07, 6.45) is -0.242. The fourth-order valence-electron chi connectivity index (χ4n) is 2.05. The quantitative estimate of drug-likeness (QED) is 0.503. The Balaban J connectivity index is 2.40. The van der Waals surface area contributed by atoms with E-state index in [4.69, 9.17) is 9.47 Å². The Kier molecular flexibility index (Phi) is 8.41. The van der Waals surface area contributed by atoms with Crippen LogP contribution in [0.2, 0.25) is 0 Å². The lowest BCUT2D eigenvalue weighted by Gasteiger charge is -2.20. The number of hydrogen-bond acceptors (Lipinski definition) is 5. The molecule has 8 heteroatoms. The fraction of sp³-hybridized carbons (Fsp3) is 0.500. The molecule has 0 aliphatic carbocycles. The van der Waals surface area contributed by atoms with Crippen LogP contribution in [0.3, 0.4) is 0 Å². The molecule has 1 aromatic rings. The number of esters is 1. The lowest BCUT2D eigenvalue weighted by Crippen LogP contribution is -2.49. The summed E-state index contributed by atoms with van der Waals surface area (Å²) in [5.74, 6) is -0.532. The maximum atomic E-state index is 12.0. The number of nitrogens with one attached hydrogen (secondary N) is 3. The van der Waals surface area contributed by atoms with E-state index in [1.54, 1.807) is 20.8 Å². The van der Waals surface area contributed by atoms with Crippen molar-refractivity contribution in [3.63, 3.8) is 0 Å². The van der Waals surface area contributed by atoms with Crippen molar-refractivity contribution in [2.45, 2.75) is 38.8 Å². The van der Waals surface area contributed by atoms with E-state index in [2.05, 4.69) is 16.0 Å². The van der Waals surface area contributed by atoms with Crippen LogP contribution in [0.5, 0.6) is 0 Å². The van der Waals surface area contributed by atoms with E-state index in [1.807, 2.05) is 30.3 Å². The van der Waals surface area contributed by atoms with Gasteiger partial charge in [-0.1, -0.05) is 30.3 Å². The van der Waals surface area contributed by atoms with Crippen LogP contribution in [0.4, 0.5) is 9.59 Å². The van der Waals surface area contributed by atoms with Gasteiger partial charge in [0.1, 0.15) is 11.6 Å². The molecule has 3 amide bonds. The predicted molar refractivity (Wildman–Crippen MR) is 96.7 cm³/mol. The minimum atomic E-state index is -0.804. The van der Waals surface area contributed by atoms with Crippen LogP contribution in [0.1, 0.15) is 26.3 Å². The van der Waals surface area contributed by atoms with Crippen LogP contribution in [0, 0.1) is 0 Å². The van der Waals surface area contributed by atoms with Crippen molar-refractivity contribution in [2.24, 2.45) is 0 Å². The van der Waals surface area contributed by atoms with Crippen molar-refractivity contribution in [1.82, 2.24) is 16.0 Å². The summed E-state index contributed by atoms with van der Waals surface area (Å²) in [4.78, 5) is 35.3. The molecule has 26 heavy (non-hydrogen) atoms. The molecule has 0 spiro atoms. The number of alkyl carbamates (subject to hydrolysis) is 1. The third-order valence-electron chi connectivity index (χ3n) is 3.15. The average Bonchev–Trinajstić information content (AvgIpc) is 2.57. The highest BCUT2D eigenvalue weighted by Crippen LogP contribution is 2.06. The van der Waals surface area contributed by atoms with E-state index in [9.17, 15) is 14.4 Å². The minimum absolute atomic E-state index is 0.185. The first-order valence-corrected chi connectivity index (χ1v) is 8.34. The molecule has 0 heterocycles. The molecule has 0 aromatic heterocycles. The first-order valence-electron chi connectivity index (χ1n) is 8.34. The van der Waals surface area contributed by atoms with Crippen LogP contribution >= 0.6 is 0 Å². The molecule has 0 fully saturated rings. The highest BCUT2D eigenvalue weighted by molar-refractivity contribution is 5.83. The number of rotatable bonds is 7. The van der Waals surface area contributed by atoms with Crippen LogP contribution < -0.4 is 16.0 Å². The van der Waals surface area contributed by atoms with E-state index in [0.29, 0.717) is 6.42 Å². The highest BCUT2D eigenvalue weighted by Gasteiger charge is 2.22. The maximum absolute atomic E-state index is 12.0. The monoisotopic (exact) mass is 365 g/mol. The molecule has 0 radical (unpaired) electrons. The smallest absolute Gasteiger partial charge is 0.407 e. The third kappa shape index (κ3) is 8.91. The lowest BCUT2D eigenvalue weighted by molar-refractivity contribution is -0.142. The topological polar surface area (TPSA) is 106 Å². The molecule has 144 valence electrons. The molecule has 0 bridgehead atoms. The number of carbonyl (C=O) groups excluding carboxylic acids is 3. The summed E-state index contributed by atoms with van der Waals surface area (Å²) in [6, 6.07) is 7.97. The molecule has 8 nitrogen and oxygen atoms in total. The Hall–Kier alpha value is -2.77. The molecule has 0 aliphatic rings. The normalized spacial score (nSPS) is 11.8. The van der Waals surface area contributed by atoms with E-state index in [-0.39, 0.29) is 13.1 Å². The number of benzene rings is 1. The number of amides is 3. The Bertz CT molecular complexity index is 599. The maximum Gasteiger partial charge on any atom is 0.407 e. The second-order valence-corrected chi connectivity index (χ2v) is 6.59. The van der Waals surface area contributed by atoms with Crippen molar-refractivity contribution < 1.29 is 23.9 Å². The minimum Gasteiger partial charge on any atom is -0.467 e. The van der Waals surface area contributed by atoms with Crippen LogP contribution in [0.25, 0.3) is 0 Å². The zero-order chi connectivity index (χ0) is 19.6. The number of ether oxygens (including phenoxy) is 2. The van der Waals surface area contributed by atoms with Crippen LogP contribution in [-0.4, -0.2) is 49.9 Å². The van der Waals surface area contributed by atoms with Gasteiger partial charge in [0.2, 0.25) is 0 Å². The van der Waals surface area contributed by atoms with Gasteiger partial charge in [-0.05, 0) is 26.3 Å². The number of methoxy groups -OCH3 is 1. The van der Waals surface area contributed by atoms with Gasteiger partial charge in [0.05, 0.1) is 7.11 Å². The molecule has 0 saturated carbocycles. The standard InChI is InChI=1S/C18H27N3O5/c1-18(2,3)26-17(24)20-11-10-19-16(23)21-14(15(22)25-4)12-13-8-6-5-7-9-13/h5-9,14H,10-12H2,1-4H3,(H,20,24)(H2,19,21,23). The summed E-state index contributed by atoms with van der Waals surface area (Å²) >= 11 is 0. The van der Waals surface area contributed by atoms with Gasteiger partial charge in [0.15, 0.2) is 0 Å². The van der Waals surface area contributed by atoms with Gasteiger partial charge in [0, 0.05) is 19.5 Å². The Labute approximate surface area is 153 Å². The number of carbonyl (C=O) groups is 3. The van der Waals surface area contributed by atoms with E-state index in [0.717, 1.165) is 5.56 Å².